The molecule has 0 heterocycles. The van der Waals surface area contributed by atoms with Gasteiger partial charge < -0.3 is 4.90 Å². The molecule has 2 aromatic rings. The van der Waals surface area contributed by atoms with Crippen molar-refractivity contribution in [3.05, 3.63) is 53.6 Å². The highest BCUT2D eigenvalue weighted by atomic mass is 15.2. The van der Waals surface area contributed by atoms with Gasteiger partial charge in [0.05, 0.1) is 0 Å². The lowest BCUT2D eigenvalue weighted by Crippen LogP contribution is -2.45. The fourth-order valence-corrected chi connectivity index (χ4v) is 3.74. The zero-order valence-corrected chi connectivity index (χ0v) is 15.0. The van der Waals surface area contributed by atoms with Crippen molar-refractivity contribution in [2.45, 2.75) is 58.9 Å². The largest absolute Gasteiger partial charge is 0.366 e. The predicted octanol–water partition coefficient (Wildman–Crippen LogP) is 5.86. The minimum Gasteiger partial charge on any atom is -0.366 e. The molecule has 3 rings (SSSR count). The summed E-state index contributed by atoms with van der Waals surface area (Å²) in [4.78, 5) is 2.57. The Morgan fingerprint density at radius 3 is 2.13 bits per heavy atom. The van der Waals surface area contributed by atoms with E-state index in [1.54, 1.807) is 0 Å². The molecule has 2 aromatic carbocycles. The SMILES string of the molecule is CCN(c1cccc(-c2ccc3c(c2)CC3)c1)C(C)(CC)CC. The van der Waals surface area contributed by atoms with E-state index in [9.17, 15) is 0 Å². The Labute approximate surface area is 141 Å². The number of anilines is 1. The van der Waals surface area contributed by atoms with Gasteiger partial charge in [-0.1, -0.05) is 44.2 Å². The van der Waals surface area contributed by atoms with E-state index in [1.165, 1.54) is 53.6 Å². The average Bonchev–Trinajstić information content (AvgIpc) is 2.56. The summed E-state index contributed by atoms with van der Waals surface area (Å²) in [5.74, 6) is 0. The van der Waals surface area contributed by atoms with Gasteiger partial charge in [0.25, 0.3) is 0 Å². The van der Waals surface area contributed by atoms with Crippen LogP contribution in [0.4, 0.5) is 5.69 Å². The van der Waals surface area contributed by atoms with Crippen LogP contribution in [0, 0.1) is 0 Å². The summed E-state index contributed by atoms with van der Waals surface area (Å²) in [6.45, 7) is 10.3. The van der Waals surface area contributed by atoms with Crippen molar-refractivity contribution < 1.29 is 0 Å². The summed E-state index contributed by atoms with van der Waals surface area (Å²) < 4.78 is 0. The summed E-state index contributed by atoms with van der Waals surface area (Å²) in [7, 11) is 0. The fourth-order valence-electron chi connectivity index (χ4n) is 3.74. The van der Waals surface area contributed by atoms with E-state index in [-0.39, 0.29) is 5.54 Å². The van der Waals surface area contributed by atoms with Crippen molar-refractivity contribution in [1.82, 2.24) is 0 Å². The monoisotopic (exact) mass is 307 g/mol. The molecule has 0 saturated heterocycles. The normalized spacial score (nSPS) is 13.4. The van der Waals surface area contributed by atoms with Crippen molar-refractivity contribution in [3.8, 4) is 11.1 Å². The van der Waals surface area contributed by atoms with E-state index >= 15 is 0 Å². The molecule has 23 heavy (non-hydrogen) atoms. The zero-order chi connectivity index (χ0) is 16.4. The first kappa shape index (κ1) is 16.1. The first-order chi connectivity index (χ1) is 11.1. The molecule has 0 N–H and O–H groups in total. The summed E-state index contributed by atoms with van der Waals surface area (Å²) in [6.07, 6.45) is 4.83. The molecule has 0 aromatic heterocycles. The topological polar surface area (TPSA) is 3.24 Å². The molecular weight excluding hydrogens is 278 g/mol. The van der Waals surface area contributed by atoms with Crippen molar-refractivity contribution >= 4 is 5.69 Å². The lowest BCUT2D eigenvalue weighted by atomic mass is 9.86. The van der Waals surface area contributed by atoms with E-state index in [1.807, 2.05) is 0 Å². The van der Waals surface area contributed by atoms with Gasteiger partial charge in [-0.25, -0.2) is 0 Å². The fraction of sp³-hybridized carbons (Fsp3) is 0.455. The predicted molar refractivity (Wildman–Crippen MR) is 101 cm³/mol. The maximum atomic E-state index is 2.57. The van der Waals surface area contributed by atoms with Crippen molar-refractivity contribution in [2.24, 2.45) is 0 Å². The molecule has 0 fully saturated rings. The molecule has 122 valence electrons. The number of hydrogen-bond acceptors (Lipinski definition) is 1. The second kappa shape index (κ2) is 6.39. The molecule has 1 nitrogen and oxygen atoms in total. The quantitative estimate of drug-likeness (QED) is 0.646. The van der Waals surface area contributed by atoms with E-state index in [2.05, 4.69) is 75.1 Å². The smallest absolute Gasteiger partial charge is 0.0376 e. The Balaban J connectivity index is 1.96. The minimum absolute atomic E-state index is 0.230. The van der Waals surface area contributed by atoms with Gasteiger partial charge in [0.15, 0.2) is 0 Å². The molecule has 1 aliphatic rings. The lowest BCUT2D eigenvalue weighted by Gasteiger charge is -2.42. The second-order valence-electron chi connectivity index (χ2n) is 6.98. The Morgan fingerprint density at radius 2 is 1.57 bits per heavy atom. The summed E-state index contributed by atoms with van der Waals surface area (Å²) in [6, 6.07) is 16.1. The van der Waals surface area contributed by atoms with Crippen LogP contribution in [0.1, 0.15) is 51.7 Å². The molecule has 0 spiro atoms. The van der Waals surface area contributed by atoms with E-state index in [4.69, 9.17) is 0 Å². The average molecular weight is 307 g/mol. The highest BCUT2D eigenvalue weighted by molar-refractivity contribution is 5.70. The van der Waals surface area contributed by atoms with Crippen LogP contribution in [-0.2, 0) is 12.8 Å². The molecule has 0 aliphatic heterocycles. The number of aryl methyl sites for hydroxylation is 2. The zero-order valence-electron chi connectivity index (χ0n) is 15.0. The Hall–Kier alpha value is -1.76. The van der Waals surface area contributed by atoms with Crippen molar-refractivity contribution in [2.75, 3.05) is 11.4 Å². The highest BCUT2D eigenvalue weighted by Crippen LogP contribution is 2.34. The third kappa shape index (κ3) is 2.89. The molecular formula is C22H29N. The minimum atomic E-state index is 0.230. The van der Waals surface area contributed by atoms with Gasteiger partial charge in [-0.2, -0.15) is 0 Å². The van der Waals surface area contributed by atoms with Crippen LogP contribution in [0.5, 0.6) is 0 Å². The summed E-state index contributed by atoms with van der Waals surface area (Å²) in [5.41, 5.74) is 7.34. The van der Waals surface area contributed by atoms with Crippen molar-refractivity contribution in [3.63, 3.8) is 0 Å². The van der Waals surface area contributed by atoms with E-state index < -0.39 is 0 Å². The number of benzene rings is 2. The van der Waals surface area contributed by atoms with Gasteiger partial charge in [0.1, 0.15) is 0 Å². The maximum Gasteiger partial charge on any atom is 0.0376 e. The van der Waals surface area contributed by atoms with Crippen LogP contribution in [-0.4, -0.2) is 12.1 Å². The first-order valence-corrected chi connectivity index (χ1v) is 9.11. The Kier molecular flexibility index (Phi) is 4.48. The second-order valence-corrected chi connectivity index (χ2v) is 6.98. The standard InChI is InChI=1S/C22H29N/c1-5-22(4,6-2)23(7-3)21-10-8-9-18(16-21)20-14-12-17-11-13-19(17)15-20/h8-10,12,14-16H,5-7,11,13H2,1-4H3. The van der Waals surface area contributed by atoms with E-state index in [0.29, 0.717) is 0 Å². The first-order valence-electron chi connectivity index (χ1n) is 9.11. The van der Waals surface area contributed by atoms with Gasteiger partial charge >= 0.3 is 0 Å². The van der Waals surface area contributed by atoms with Crippen LogP contribution in [0.3, 0.4) is 0 Å². The van der Waals surface area contributed by atoms with Crippen LogP contribution in [0.2, 0.25) is 0 Å². The molecule has 0 saturated carbocycles. The van der Waals surface area contributed by atoms with Crippen LogP contribution < -0.4 is 4.90 Å². The van der Waals surface area contributed by atoms with E-state index in [0.717, 1.165) is 6.54 Å². The third-order valence-corrected chi connectivity index (χ3v) is 5.85. The lowest BCUT2D eigenvalue weighted by molar-refractivity contribution is 0.398. The van der Waals surface area contributed by atoms with Gasteiger partial charge in [-0.05, 0) is 73.9 Å². The molecule has 0 atom stereocenters. The number of hydrogen-bond donors (Lipinski definition) is 0. The summed E-state index contributed by atoms with van der Waals surface area (Å²) >= 11 is 0. The number of fused-ring (bicyclic) bond motifs is 1. The van der Waals surface area contributed by atoms with Crippen molar-refractivity contribution in [1.29, 1.82) is 0 Å². The van der Waals surface area contributed by atoms with Crippen LogP contribution in [0.25, 0.3) is 11.1 Å². The third-order valence-electron chi connectivity index (χ3n) is 5.85. The highest BCUT2D eigenvalue weighted by Gasteiger charge is 2.27. The Morgan fingerprint density at radius 1 is 0.870 bits per heavy atom. The van der Waals surface area contributed by atoms with Gasteiger partial charge in [-0.3, -0.25) is 0 Å². The van der Waals surface area contributed by atoms with Crippen LogP contribution >= 0.6 is 0 Å². The Bertz CT molecular complexity index is 682. The molecule has 0 radical (unpaired) electrons. The molecule has 1 heteroatoms. The van der Waals surface area contributed by atoms with Crippen LogP contribution in [0.15, 0.2) is 42.5 Å². The van der Waals surface area contributed by atoms with Gasteiger partial charge in [0.2, 0.25) is 0 Å². The van der Waals surface area contributed by atoms with Gasteiger partial charge in [0, 0.05) is 17.8 Å². The van der Waals surface area contributed by atoms with Gasteiger partial charge in [-0.15, -0.1) is 0 Å². The molecule has 0 amide bonds. The summed E-state index contributed by atoms with van der Waals surface area (Å²) in [5, 5.41) is 0. The number of nitrogens with zero attached hydrogens (tertiary/aromatic N) is 1. The maximum absolute atomic E-state index is 2.57. The number of rotatable bonds is 6. The molecule has 0 unspecified atom stereocenters. The molecule has 0 bridgehead atoms. The molecule has 1 aliphatic carbocycles.